The lowest BCUT2D eigenvalue weighted by molar-refractivity contribution is -0.691. The van der Waals surface area contributed by atoms with E-state index in [1.165, 1.54) is 44.5 Å². The second-order valence-electron chi connectivity index (χ2n) is 5.75. The van der Waals surface area contributed by atoms with Crippen molar-refractivity contribution < 1.29 is 15.3 Å². The third-order valence-corrected chi connectivity index (χ3v) is 4.05. The van der Waals surface area contributed by atoms with Gasteiger partial charge in [-0.2, -0.15) is 0 Å². The molecule has 0 spiro atoms. The number of aromatic nitrogens is 1. The molecule has 2 rings (SSSR count). The summed E-state index contributed by atoms with van der Waals surface area (Å²) >= 11 is 0. The van der Waals surface area contributed by atoms with Crippen LogP contribution in [0.25, 0.3) is 0 Å². The van der Waals surface area contributed by atoms with Gasteiger partial charge in [0.1, 0.15) is 0 Å². The molecule has 120 valence electrons. The van der Waals surface area contributed by atoms with Crippen molar-refractivity contribution in [3.63, 3.8) is 0 Å². The Morgan fingerprint density at radius 2 is 2.23 bits per heavy atom. The van der Waals surface area contributed by atoms with Crippen molar-refractivity contribution in [2.45, 2.75) is 44.6 Å². The van der Waals surface area contributed by atoms with Gasteiger partial charge in [-0.05, 0) is 37.8 Å². The number of amides is 1. The molecule has 6 heteroatoms. The Bertz CT molecular complexity index is 481. The zero-order valence-corrected chi connectivity index (χ0v) is 12.9. The quantitative estimate of drug-likeness (QED) is 0.302. The van der Waals surface area contributed by atoms with Crippen molar-refractivity contribution in [1.82, 2.24) is 10.3 Å². The smallest absolute Gasteiger partial charge is 0.252 e. The maximum atomic E-state index is 11.9. The first kappa shape index (κ1) is 16.4. The Morgan fingerprint density at radius 3 is 2.91 bits per heavy atom. The molecule has 0 aromatic carbocycles. The second kappa shape index (κ2) is 9.15. The van der Waals surface area contributed by atoms with Gasteiger partial charge in [-0.15, -0.1) is 0 Å². The lowest BCUT2D eigenvalue weighted by Crippen LogP contribution is -2.90. The Labute approximate surface area is 131 Å². The van der Waals surface area contributed by atoms with Crippen LogP contribution in [0.1, 0.15) is 54.6 Å². The van der Waals surface area contributed by atoms with Crippen molar-refractivity contribution in [3.05, 3.63) is 29.6 Å². The Kier molecular flexibility index (Phi) is 6.83. The topological polar surface area (TPSA) is 91.2 Å². The third kappa shape index (κ3) is 5.44. The fraction of sp³-hybridized carbons (Fsp3) is 0.562. The van der Waals surface area contributed by atoms with E-state index in [4.69, 9.17) is 5.21 Å². The van der Waals surface area contributed by atoms with Crippen LogP contribution in [0.5, 0.6) is 0 Å². The SMILES string of the molecule is O=C(NCCC[NH2+]C1CCCCC1)c1ccc(/C=N/O)nc1. The van der Waals surface area contributed by atoms with Crippen molar-refractivity contribution in [3.8, 4) is 0 Å². The highest BCUT2D eigenvalue weighted by Gasteiger charge is 2.15. The first-order chi connectivity index (χ1) is 10.8. The maximum Gasteiger partial charge on any atom is 0.252 e. The van der Waals surface area contributed by atoms with E-state index in [2.05, 4.69) is 20.8 Å². The number of hydrogen-bond donors (Lipinski definition) is 3. The van der Waals surface area contributed by atoms with Gasteiger partial charge in [-0.3, -0.25) is 9.78 Å². The van der Waals surface area contributed by atoms with Gasteiger partial charge < -0.3 is 15.8 Å². The molecule has 4 N–H and O–H groups in total. The monoisotopic (exact) mass is 305 g/mol. The van der Waals surface area contributed by atoms with E-state index in [1.54, 1.807) is 12.1 Å². The number of quaternary nitrogens is 1. The van der Waals surface area contributed by atoms with E-state index in [9.17, 15) is 4.79 Å². The summed E-state index contributed by atoms with van der Waals surface area (Å²) in [4.78, 5) is 16.0. The Hall–Kier alpha value is -1.95. The summed E-state index contributed by atoms with van der Waals surface area (Å²) in [6, 6.07) is 4.10. The molecule has 1 heterocycles. The number of nitrogens with zero attached hydrogens (tertiary/aromatic N) is 2. The van der Waals surface area contributed by atoms with E-state index in [1.807, 2.05) is 0 Å². The average Bonchev–Trinajstić information content (AvgIpc) is 2.56. The van der Waals surface area contributed by atoms with E-state index in [0.717, 1.165) is 19.0 Å². The summed E-state index contributed by atoms with van der Waals surface area (Å²) in [5.74, 6) is -0.113. The fourth-order valence-corrected chi connectivity index (χ4v) is 2.80. The molecule has 1 aromatic rings. The summed E-state index contributed by atoms with van der Waals surface area (Å²) in [6.45, 7) is 1.75. The lowest BCUT2D eigenvalue weighted by atomic mass is 9.95. The van der Waals surface area contributed by atoms with E-state index in [-0.39, 0.29) is 5.91 Å². The second-order valence-corrected chi connectivity index (χ2v) is 5.75. The molecule has 0 unspecified atom stereocenters. The molecule has 1 aliphatic carbocycles. The van der Waals surface area contributed by atoms with Gasteiger partial charge in [-0.1, -0.05) is 11.6 Å². The highest BCUT2D eigenvalue weighted by Crippen LogP contribution is 2.14. The Morgan fingerprint density at radius 1 is 1.41 bits per heavy atom. The number of nitrogens with two attached hydrogens (primary N) is 1. The van der Waals surface area contributed by atoms with Crippen LogP contribution < -0.4 is 10.6 Å². The highest BCUT2D eigenvalue weighted by atomic mass is 16.4. The van der Waals surface area contributed by atoms with Crippen LogP contribution in [-0.4, -0.2) is 41.4 Å². The van der Waals surface area contributed by atoms with Crippen LogP contribution in [0, 0.1) is 0 Å². The maximum absolute atomic E-state index is 11.9. The molecule has 1 aromatic heterocycles. The highest BCUT2D eigenvalue weighted by molar-refractivity contribution is 5.94. The summed E-state index contributed by atoms with van der Waals surface area (Å²) in [5.41, 5.74) is 1.03. The Balaban J connectivity index is 1.62. The predicted molar refractivity (Wildman–Crippen MR) is 84.2 cm³/mol. The minimum absolute atomic E-state index is 0.113. The zero-order chi connectivity index (χ0) is 15.6. The van der Waals surface area contributed by atoms with Crippen LogP contribution >= 0.6 is 0 Å². The number of carbonyl (C=O) groups is 1. The minimum Gasteiger partial charge on any atom is -0.411 e. The van der Waals surface area contributed by atoms with Gasteiger partial charge in [0.25, 0.3) is 5.91 Å². The summed E-state index contributed by atoms with van der Waals surface area (Å²) in [5, 5.41) is 16.6. The molecule has 1 aliphatic rings. The van der Waals surface area contributed by atoms with Gasteiger partial charge in [0.2, 0.25) is 0 Å². The third-order valence-electron chi connectivity index (χ3n) is 4.05. The van der Waals surface area contributed by atoms with E-state index >= 15 is 0 Å². The molecule has 0 saturated heterocycles. The number of carbonyl (C=O) groups excluding carboxylic acids is 1. The molecule has 1 saturated carbocycles. The van der Waals surface area contributed by atoms with Crippen LogP contribution in [0.15, 0.2) is 23.5 Å². The molecule has 1 amide bonds. The molecular formula is C16H25N4O2+. The molecular weight excluding hydrogens is 280 g/mol. The van der Waals surface area contributed by atoms with Crippen LogP contribution in [0.3, 0.4) is 0 Å². The number of oxime groups is 1. The van der Waals surface area contributed by atoms with Gasteiger partial charge in [0, 0.05) is 19.2 Å². The number of hydrogen-bond acceptors (Lipinski definition) is 4. The van der Waals surface area contributed by atoms with Gasteiger partial charge in [0.15, 0.2) is 0 Å². The molecule has 6 nitrogen and oxygen atoms in total. The molecule has 0 atom stereocenters. The molecule has 0 radical (unpaired) electrons. The van der Waals surface area contributed by atoms with Crippen molar-refractivity contribution >= 4 is 12.1 Å². The van der Waals surface area contributed by atoms with Crippen molar-refractivity contribution in [2.75, 3.05) is 13.1 Å². The first-order valence-electron chi connectivity index (χ1n) is 8.04. The number of rotatable bonds is 7. The standard InChI is InChI=1S/C16H24N4O2/c21-16(13-7-8-15(12-20-22)19-11-13)18-10-4-9-17-14-5-2-1-3-6-14/h7-8,11-12,14,17,22H,1-6,9-10H2,(H,18,21)/p+1/b20-12+. The van der Waals surface area contributed by atoms with Gasteiger partial charge in [-0.25, -0.2) is 0 Å². The van der Waals surface area contributed by atoms with Gasteiger partial charge in [0.05, 0.1) is 30.1 Å². The largest absolute Gasteiger partial charge is 0.411 e. The molecule has 22 heavy (non-hydrogen) atoms. The lowest BCUT2D eigenvalue weighted by Gasteiger charge is -2.19. The molecule has 1 fully saturated rings. The number of nitrogens with one attached hydrogen (secondary N) is 1. The molecule has 0 bridgehead atoms. The number of pyridine rings is 1. The van der Waals surface area contributed by atoms with Crippen LogP contribution in [-0.2, 0) is 0 Å². The minimum atomic E-state index is -0.113. The summed E-state index contributed by atoms with van der Waals surface area (Å²) in [7, 11) is 0. The summed E-state index contributed by atoms with van der Waals surface area (Å²) in [6.07, 6.45) is 10.5. The summed E-state index contributed by atoms with van der Waals surface area (Å²) < 4.78 is 0. The normalized spacial score (nSPS) is 16.0. The van der Waals surface area contributed by atoms with Crippen molar-refractivity contribution in [2.24, 2.45) is 5.16 Å². The zero-order valence-electron chi connectivity index (χ0n) is 12.9. The fourth-order valence-electron chi connectivity index (χ4n) is 2.80. The van der Waals surface area contributed by atoms with Crippen LogP contribution in [0.4, 0.5) is 0 Å². The van der Waals surface area contributed by atoms with Gasteiger partial charge >= 0.3 is 0 Å². The van der Waals surface area contributed by atoms with Crippen LogP contribution in [0.2, 0.25) is 0 Å². The predicted octanol–water partition coefficient (Wildman–Crippen LogP) is 0.906. The van der Waals surface area contributed by atoms with E-state index < -0.39 is 0 Å². The first-order valence-corrected chi connectivity index (χ1v) is 8.04. The molecule has 0 aliphatic heterocycles. The average molecular weight is 305 g/mol. The van der Waals surface area contributed by atoms with E-state index in [0.29, 0.717) is 17.8 Å². The van der Waals surface area contributed by atoms with Crippen molar-refractivity contribution in [1.29, 1.82) is 0 Å².